The van der Waals surface area contributed by atoms with Crippen molar-refractivity contribution in [1.82, 2.24) is 4.90 Å². The van der Waals surface area contributed by atoms with Gasteiger partial charge in [-0.1, -0.05) is 22.0 Å². The van der Waals surface area contributed by atoms with Gasteiger partial charge < -0.3 is 10.0 Å². The first-order valence-electron chi connectivity index (χ1n) is 6.03. The fraction of sp³-hybridized carbons (Fsp3) is 0.429. The number of rotatable bonds is 4. The molecule has 1 N–H and O–H groups in total. The van der Waals surface area contributed by atoms with Crippen molar-refractivity contribution in [3.8, 4) is 0 Å². The van der Waals surface area contributed by atoms with Crippen LogP contribution in [0.4, 0.5) is 0 Å². The summed E-state index contributed by atoms with van der Waals surface area (Å²) in [5, 5.41) is 9.26. The van der Waals surface area contributed by atoms with E-state index in [1.54, 1.807) is 13.0 Å². The Morgan fingerprint density at radius 1 is 1.37 bits per heavy atom. The van der Waals surface area contributed by atoms with Gasteiger partial charge in [0.2, 0.25) is 0 Å². The Labute approximate surface area is 121 Å². The molecule has 0 saturated heterocycles. The number of hydrogen-bond acceptors (Lipinski definition) is 2. The number of carboxylic acids is 1. The molecule has 0 radical (unpaired) electrons. The number of amides is 1. The Morgan fingerprint density at radius 3 is 2.42 bits per heavy atom. The molecular formula is C14H18BrNO3. The molecule has 4 nitrogen and oxygen atoms in total. The molecule has 0 bridgehead atoms. The molecule has 0 heterocycles. The zero-order chi connectivity index (χ0) is 14.8. The van der Waals surface area contributed by atoms with Crippen LogP contribution in [0.2, 0.25) is 0 Å². The quantitative estimate of drug-likeness (QED) is 0.924. The summed E-state index contributed by atoms with van der Waals surface area (Å²) in [6.45, 7) is 7.01. The molecule has 0 unspecified atom stereocenters. The first-order valence-corrected chi connectivity index (χ1v) is 6.82. The van der Waals surface area contributed by atoms with Crippen LogP contribution in [-0.2, 0) is 4.79 Å². The third-order valence-corrected chi connectivity index (χ3v) is 3.68. The highest BCUT2D eigenvalue weighted by Gasteiger charge is 2.37. The van der Waals surface area contributed by atoms with Crippen molar-refractivity contribution in [3.63, 3.8) is 0 Å². The Morgan fingerprint density at radius 2 is 1.95 bits per heavy atom. The minimum absolute atomic E-state index is 0.270. The van der Waals surface area contributed by atoms with E-state index in [1.807, 2.05) is 19.1 Å². The highest BCUT2D eigenvalue weighted by atomic mass is 79.9. The molecule has 1 aromatic carbocycles. The van der Waals surface area contributed by atoms with E-state index in [0.717, 1.165) is 10.0 Å². The summed E-state index contributed by atoms with van der Waals surface area (Å²) in [6, 6.07) is 5.40. The van der Waals surface area contributed by atoms with Crippen LogP contribution >= 0.6 is 15.9 Å². The average molecular weight is 328 g/mol. The molecule has 19 heavy (non-hydrogen) atoms. The van der Waals surface area contributed by atoms with Crippen LogP contribution in [0.3, 0.4) is 0 Å². The van der Waals surface area contributed by atoms with Crippen molar-refractivity contribution in [2.75, 3.05) is 6.54 Å². The van der Waals surface area contributed by atoms with E-state index in [-0.39, 0.29) is 5.91 Å². The smallest absolute Gasteiger partial charge is 0.329 e. The van der Waals surface area contributed by atoms with Gasteiger partial charge in [-0.3, -0.25) is 4.79 Å². The van der Waals surface area contributed by atoms with Gasteiger partial charge in [0.25, 0.3) is 5.91 Å². The summed E-state index contributed by atoms with van der Waals surface area (Å²) in [6.07, 6.45) is 0. The first kappa shape index (κ1) is 15.7. The zero-order valence-corrected chi connectivity index (χ0v) is 13.1. The molecule has 0 spiro atoms. The lowest BCUT2D eigenvalue weighted by Crippen LogP contribution is -2.53. The number of carboxylic acid groups (broad SMARTS) is 1. The SMILES string of the molecule is CCN(C(=O)c1cc(Br)ccc1C)C(C)(C)C(=O)O. The highest BCUT2D eigenvalue weighted by molar-refractivity contribution is 9.10. The number of halogens is 1. The number of aryl methyl sites for hydroxylation is 1. The van der Waals surface area contributed by atoms with Gasteiger partial charge in [-0.25, -0.2) is 4.79 Å². The molecule has 104 valence electrons. The fourth-order valence-electron chi connectivity index (χ4n) is 1.88. The Balaban J connectivity index is 3.23. The second-order valence-corrected chi connectivity index (χ2v) is 5.79. The molecule has 1 rings (SSSR count). The number of nitrogens with zero attached hydrogens (tertiary/aromatic N) is 1. The van der Waals surface area contributed by atoms with Gasteiger partial charge in [0, 0.05) is 16.6 Å². The summed E-state index contributed by atoms with van der Waals surface area (Å²) >= 11 is 3.33. The van der Waals surface area contributed by atoms with E-state index < -0.39 is 11.5 Å². The van der Waals surface area contributed by atoms with Gasteiger partial charge in [-0.05, 0) is 45.4 Å². The molecular weight excluding hydrogens is 310 g/mol. The Bertz CT molecular complexity index is 511. The van der Waals surface area contributed by atoms with E-state index in [9.17, 15) is 14.7 Å². The van der Waals surface area contributed by atoms with E-state index in [0.29, 0.717) is 12.1 Å². The second kappa shape index (κ2) is 5.74. The predicted molar refractivity (Wildman–Crippen MR) is 77.3 cm³/mol. The van der Waals surface area contributed by atoms with Gasteiger partial charge in [-0.2, -0.15) is 0 Å². The minimum atomic E-state index is -1.24. The molecule has 0 fully saturated rings. The normalized spacial score (nSPS) is 11.2. The van der Waals surface area contributed by atoms with Gasteiger partial charge in [-0.15, -0.1) is 0 Å². The highest BCUT2D eigenvalue weighted by Crippen LogP contribution is 2.22. The fourth-order valence-corrected chi connectivity index (χ4v) is 2.24. The largest absolute Gasteiger partial charge is 0.480 e. The number of benzene rings is 1. The first-order chi connectivity index (χ1) is 8.71. The summed E-state index contributed by atoms with van der Waals surface area (Å²) < 4.78 is 0.797. The topological polar surface area (TPSA) is 57.6 Å². The lowest BCUT2D eigenvalue weighted by molar-refractivity contribution is -0.147. The van der Waals surface area contributed by atoms with Crippen LogP contribution < -0.4 is 0 Å². The zero-order valence-electron chi connectivity index (χ0n) is 11.5. The number of likely N-dealkylation sites (N-methyl/N-ethyl adjacent to an activating group) is 1. The third-order valence-electron chi connectivity index (χ3n) is 3.19. The monoisotopic (exact) mass is 327 g/mol. The van der Waals surface area contributed by atoms with Gasteiger partial charge in [0.15, 0.2) is 0 Å². The summed E-state index contributed by atoms with van der Waals surface area (Å²) in [7, 11) is 0. The van der Waals surface area contributed by atoms with Crippen LogP contribution in [0.25, 0.3) is 0 Å². The molecule has 0 aliphatic rings. The Hall–Kier alpha value is -1.36. The van der Waals surface area contributed by atoms with Crippen molar-refractivity contribution in [1.29, 1.82) is 0 Å². The standard InChI is InChI=1S/C14H18BrNO3/c1-5-16(14(3,4)13(18)19)12(17)11-8-10(15)7-6-9(11)2/h6-8H,5H2,1-4H3,(H,18,19). The maximum absolute atomic E-state index is 12.5. The number of hydrogen-bond donors (Lipinski definition) is 1. The lowest BCUT2D eigenvalue weighted by Gasteiger charge is -2.34. The molecule has 0 aliphatic heterocycles. The van der Waals surface area contributed by atoms with Crippen molar-refractivity contribution < 1.29 is 14.7 Å². The number of carbonyl (C=O) groups is 2. The van der Waals surface area contributed by atoms with E-state index in [2.05, 4.69) is 15.9 Å². The molecule has 0 aromatic heterocycles. The summed E-state index contributed by atoms with van der Waals surface area (Å²) in [5.74, 6) is -1.29. The molecule has 5 heteroatoms. The molecule has 0 aliphatic carbocycles. The van der Waals surface area contributed by atoms with Crippen LogP contribution in [0.5, 0.6) is 0 Å². The molecule has 0 saturated carbocycles. The van der Waals surface area contributed by atoms with Gasteiger partial charge in [0.1, 0.15) is 5.54 Å². The van der Waals surface area contributed by atoms with Crippen molar-refractivity contribution in [3.05, 3.63) is 33.8 Å². The molecule has 1 aromatic rings. The van der Waals surface area contributed by atoms with Crippen LogP contribution in [0.15, 0.2) is 22.7 Å². The van der Waals surface area contributed by atoms with Crippen LogP contribution in [0, 0.1) is 6.92 Å². The predicted octanol–water partition coefficient (Wildman–Crippen LogP) is 3.08. The number of aliphatic carboxylic acids is 1. The van der Waals surface area contributed by atoms with Crippen molar-refractivity contribution in [2.24, 2.45) is 0 Å². The van der Waals surface area contributed by atoms with Crippen LogP contribution in [-0.4, -0.2) is 34.0 Å². The van der Waals surface area contributed by atoms with E-state index in [1.165, 1.54) is 18.7 Å². The third kappa shape index (κ3) is 3.15. The van der Waals surface area contributed by atoms with Gasteiger partial charge >= 0.3 is 5.97 Å². The van der Waals surface area contributed by atoms with Crippen molar-refractivity contribution in [2.45, 2.75) is 33.2 Å². The minimum Gasteiger partial charge on any atom is -0.480 e. The lowest BCUT2D eigenvalue weighted by atomic mass is 10.00. The van der Waals surface area contributed by atoms with Gasteiger partial charge in [0.05, 0.1) is 0 Å². The summed E-state index contributed by atoms with van der Waals surface area (Å²) in [4.78, 5) is 25.2. The van der Waals surface area contributed by atoms with E-state index >= 15 is 0 Å². The second-order valence-electron chi connectivity index (χ2n) is 4.87. The van der Waals surface area contributed by atoms with E-state index in [4.69, 9.17) is 0 Å². The van der Waals surface area contributed by atoms with Crippen molar-refractivity contribution >= 4 is 27.8 Å². The molecule has 0 atom stereocenters. The van der Waals surface area contributed by atoms with Crippen LogP contribution in [0.1, 0.15) is 36.7 Å². The number of carbonyl (C=O) groups excluding carboxylic acids is 1. The summed E-state index contributed by atoms with van der Waals surface area (Å²) in [5.41, 5.74) is 0.110. The average Bonchev–Trinajstić information content (AvgIpc) is 2.32. The molecule has 1 amide bonds. The maximum Gasteiger partial charge on any atom is 0.329 e. The Kier molecular flexibility index (Phi) is 4.74. The maximum atomic E-state index is 12.5.